The van der Waals surface area contributed by atoms with Crippen molar-refractivity contribution in [2.75, 3.05) is 18.9 Å². The van der Waals surface area contributed by atoms with E-state index in [9.17, 15) is 4.79 Å². The number of aromatic amines is 1. The van der Waals surface area contributed by atoms with Crippen LogP contribution in [0.1, 0.15) is 38.5 Å². The number of hydrogen-bond acceptors (Lipinski definition) is 5. The van der Waals surface area contributed by atoms with Crippen molar-refractivity contribution in [3.05, 3.63) is 41.8 Å². The maximum atomic E-state index is 12.7. The Hall–Kier alpha value is -2.64. The first-order valence-corrected chi connectivity index (χ1v) is 11.8. The SMILES string of the molecule is CN1CCC[C@H]1C(=O)NC1CCCC(Nc2cc(-c3c[nH]c4ncccc34)cc(Cl)n2)C1. The average molecular weight is 453 g/mol. The molecule has 3 aromatic rings. The van der Waals surface area contributed by atoms with Gasteiger partial charge in [-0.2, -0.15) is 0 Å². The highest BCUT2D eigenvalue weighted by molar-refractivity contribution is 6.29. The van der Waals surface area contributed by atoms with Gasteiger partial charge in [0.15, 0.2) is 0 Å². The van der Waals surface area contributed by atoms with Gasteiger partial charge in [-0.25, -0.2) is 9.97 Å². The van der Waals surface area contributed by atoms with Crippen LogP contribution in [0, 0.1) is 0 Å². The number of fused-ring (bicyclic) bond motifs is 1. The summed E-state index contributed by atoms with van der Waals surface area (Å²) in [6.45, 7) is 1.00. The number of aromatic nitrogens is 3. The maximum Gasteiger partial charge on any atom is 0.237 e. The summed E-state index contributed by atoms with van der Waals surface area (Å²) >= 11 is 6.38. The molecule has 0 bridgehead atoms. The van der Waals surface area contributed by atoms with E-state index in [2.05, 4.69) is 30.5 Å². The maximum absolute atomic E-state index is 12.7. The molecule has 1 aliphatic carbocycles. The smallest absolute Gasteiger partial charge is 0.237 e. The van der Waals surface area contributed by atoms with Gasteiger partial charge in [0, 0.05) is 35.4 Å². The number of halogens is 1. The molecule has 4 heterocycles. The number of carbonyl (C=O) groups excluding carboxylic acids is 1. The second kappa shape index (κ2) is 9.08. The highest BCUT2D eigenvalue weighted by Gasteiger charge is 2.31. The molecule has 1 amide bonds. The van der Waals surface area contributed by atoms with E-state index in [0.29, 0.717) is 5.15 Å². The van der Waals surface area contributed by atoms with Crippen LogP contribution in [0.25, 0.3) is 22.2 Å². The Kier molecular flexibility index (Phi) is 6.02. The van der Waals surface area contributed by atoms with E-state index in [0.717, 1.165) is 73.0 Å². The van der Waals surface area contributed by atoms with Gasteiger partial charge in [-0.3, -0.25) is 9.69 Å². The van der Waals surface area contributed by atoms with Crippen LogP contribution in [0.4, 0.5) is 5.82 Å². The second-order valence-electron chi connectivity index (χ2n) is 9.02. The first kappa shape index (κ1) is 21.2. The number of amides is 1. The number of carbonyl (C=O) groups is 1. The first-order valence-electron chi connectivity index (χ1n) is 11.4. The van der Waals surface area contributed by atoms with Gasteiger partial charge in [-0.1, -0.05) is 11.6 Å². The van der Waals surface area contributed by atoms with Crippen LogP contribution < -0.4 is 10.6 Å². The van der Waals surface area contributed by atoms with Crippen molar-refractivity contribution in [1.82, 2.24) is 25.2 Å². The fourth-order valence-electron chi connectivity index (χ4n) is 5.12. The Morgan fingerprint density at radius 3 is 2.94 bits per heavy atom. The standard InChI is InChI=1S/C24H29ClN6O/c1-31-10-4-8-20(31)24(32)29-17-6-2-5-16(13-17)28-22-12-15(11-21(25)30-22)19-14-27-23-18(19)7-3-9-26-23/h3,7,9,11-12,14,16-17,20H,2,4-6,8,10,13H2,1H3,(H,26,27)(H,28,30)(H,29,32)/t16?,17?,20-/m0/s1. The number of H-pyrrole nitrogens is 1. The number of likely N-dealkylation sites (tertiary alicyclic amines) is 1. The van der Waals surface area contributed by atoms with Crippen molar-refractivity contribution >= 4 is 34.4 Å². The van der Waals surface area contributed by atoms with E-state index in [1.54, 1.807) is 6.20 Å². The minimum atomic E-state index is 0.0196. The third-order valence-electron chi connectivity index (χ3n) is 6.75. The van der Waals surface area contributed by atoms with Gasteiger partial charge in [0.1, 0.15) is 16.6 Å². The van der Waals surface area contributed by atoms with Crippen LogP contribution >= 0.6 is 11.6 Å². The number of nitrogens with zero attached hydrogens (tertiary/aromatic N) is 3. The second-order valence-corrected chi connectivity index (χ2v) is 9.40. The molecule has 5 rings (SSSR count). The molecule has 3 aromatic heterocycles. The number of nitrogens with one attached hydrogen (secondary N) is 3. The van der Waals surface area contributed by atoms with Gasteiger partial charge in [-0.05, 0) is 81.9 Å². The fourth-order valence-corrected chi connectivity index (χ4v) is 5.33. The van der Waals surface area contributed by atoms with Crippen LogP contribution in [-0.4, -0.2) is 57.5 Å². The normalized spacial score (nSPS) is 24.0. The lowest BCUT2D eigenvalue weighted by atomic mass is 9.90. The van der Waals surface area contributed by atoms with Crippen molar-refractivity contribution in [2.24, 2.45) is 0 Å². The monoisotopic (exact) mass is 452 g/mol. The quantitative estimate of drug-likeness (QED) is 0.505. The summed E-state index contributed by atoms with van der Waals surface area (Å²) in [4.78, 5) is 27.0. The Morgan fingerprint density at radius 2 is 2.09 bits per heavy atom. The van der Waals surface area contributed by atoms with E-state index in [4.69, 9.17) is 11.6 Å². The lowest BCUT2D eigenvalue weighted by molar-refractivity contribution is -0.126. The largest absolute Gasteiger partial charge is 0.367 e. The van der Waals surface area contributed by atoms with Crippen molar-refractivity contribution < 1.29 is 4.79 Å². The Balaban J connectivity index is 1.28. The number of likely N-dealkylation sites (N-methyl/N-ethyl adjacent to an activating group) is 1. The molecular weight excluding hydrogens is 424 g/mol. The van der Waals surface area contributed by atoms with Gasteiger partial charge in [0.2, 0.25) is 5.91 Å². The summed E-state index contributed by atoms with van der Waals surface area (Å²) in [5.74, 6) is 0.935. The fraction of sp³-hybridized carbons (Fsp3) is 0.458. The van der Waals surface area contributed by atoms with Crippen LogP contribution in [0.15, 0.2) is 36.7 Å². The summed E-state index contributed by atoms with van der Waals surface area (Å²) in [5.41, 5.74) is 2.90. The molecular formula is C24H29ClN6O. The summed E-state index contributed by atoms with van der Waals surface area (Å²) in [6.07, 6.45) is 9.83. The van der Waals surface area contributed by atoms with Crippen LogP contribution in [0.3, 0.4) is 0 Å². The summed E-state index contributed by atoms with van der Waals surface area (Å²) in [6, 6.07) is 8.36. The Labute approximate surface area is 193 Å². The average Bonchev–Trinajstić information content (AvgIpc) is 3.40. The number of anilines is 1. The molecule has 1 saturated heterocycles. The van der Waals surface area contributed by atoms with E-state index in [1.807, 2.05) is 37.5 Å². The Bertz CT molecular complexity index is 1110. The van der Waals surface area contributed by atoms with Crippen LogP contribution in [-0.2, 0) is 4.79 Å². The summed E-state index contributed by atoms with van der Waals surface area (Å²) in [5, 5.41) is 8.37. The van der Waals surface area contributed by atoms with Gasteiger partial charge >= 0.3 is 0 Å². The molecule has 3 N–H and O–H groups in total. The molecule has 7 nitrogen and oxygen atoms in total. The molecule has 8 heteroatoms. The zero-order chi connectivity index (χ0) is 22.1. The van der Waals surface area contributed by atoms with Gasteiger partial charge < -0.3 is 15.6 Å². The first-order chi connectivity index (χ1) is 15.6. The molecule has 3 atom stereocenters. The molecule has 0 spiro atoms. The van der Waals surface area contributed by atoms with Crippen molar-refractivity contribution in [1.29, 1.82) is 0 Å². The predicted octanol–water partition coefficient (Wildman–Crippen LogP) is 4.21. The van der Waals surface area contributed by atoms with E-state index >= 15 is 0 Å². The van der Waals surface area contributed by atoms with Crippen molar-refractivity contribution in [3.63, 3.8) is 0 Å². The zero-order valence-electron chi connectivity index (χ0n) is 18.3. The third-order valence-corrected chi connectivity index (χ3v) is 6.95. The van der Waals surface area contributed by atoms with Crippen LogP contribution in [0.5, 0.6) is 0 Å². The highest BCUT2D eigenvalue weighted by Crippen LogP contribution is 2.31. The minimum absolute atomic E-state index is 0.0196. The molecule has 0 radical (unpaired) electrons. The summed E-state index contributed by atoms with van der Waals surface area (Å²) < 4.78 is 0. The molecule has 32 heavy (non-hydrogen) atoms. The predicted molar refractivity (Wildman–Crippen MR) is 128 cm³/mol. The molecule has 0 aromatic carbocycles. The van der Waals surface area contributed by atoms with Gasteiger partial charge in [-0.15, -0.1) is 0 Å². The van der Waals surface area contributed by atoms with Gasteiger partial charge in [0.25, 0.3) is 0 Å². The molecule has 168 valence electrons. The van der Waals surface area contributed by atoms with E-state index in [1.165, 1.54) is 0 Å². The molecule has 1 saturated carbocycles. The zero-order valence-corrected chi connectivity index (χ0v) is 19.0. The van der Waals surface area contributed by atoms with Gasteiger partial charge in [0.05, 0.1) is 6.04 Å². The number of pyridine rings is 2. The molecule has 2 fully saturated rings. The minimum Gasteiger partial charge on any atom is -0.367 e. The van der Waals surface area contributed by atoms with Crippen LogP contribution in [0.2, 0.25) is 5.15 Å². The number of hydrogen-bond donors (Lipinski definition) is 3. The van der Waals surface area contributed by atoms with E-state index < -0.39 is 0 Å². The van der Waals surface area contributed by atoms with Crippen molar-refractivity contribution in [3.8, 4) is 11.1 Å². The Morgan fingerprint density at radius 1 is 1.22 bits per heavy atom. The topological polar surface area (TPSA) is 85.9 Å². The third kappa shape index (κ3) is 4.45. The lowest BCUT2D eigenvalue weighted by Gasteiger charge is -2.32. The highest BCUT2D eigenvalue weighted by atomic mass is 35.5. The van der Waals surface area contributed by atoms with Crippen molar-refractivity contribution in [2.45, 2.75) is 56.7 Å². The molecule has 2 unspecified atom stereocenters. The summed E-state index contributed by atoms with van der Waals surface area (Å²) in [7, 11) is 2.04. The number of rotatable bonds is 5. The molecule has 2 aliphatic rings. The molecule has 1 aliphatic heterocycles. The van der Waals surface area contributed by atoms with E-state index in [-0.39, 0.29) is 24.0 Å². The lowest BCUT2D eigenvalue weighted by Crippen LogP contribution is -2.48.